The van der Waals surface area contributed by atoms with E-state index in [0.717, 1.165) is 22.6 Å². The zero-order chi connectivity index (χ0) is 19.1. The molecule has 138 valence electrons. The summed E-state index contributed by atoms with van der Waals surface area (Å²) in [4.78, 5) is 20.6. The highest BCUT2D eigenvalue weighted by Crippen LogP contribution is 2.19. The lowest BCUT2D eigenvalue weighted by atomic mass is 10.1. The number of amides is 1. The summed E-state index contributed by atoms with van der Waals surface area (Å²) in [5, 5.41) is 6.04. The van der Waals surface area contributed by atoms with Crippen LogP contribution in [0.15, 0.2) is 60.9 Å². The van der Waals surface area contributed by atoms with E-state index in [1.807, 2.05) is 62.4 Å². The SMILES string of the molecule is CCOc1ccc(Nc2cc(C(=O)NCc3cccc(C)c3)ncn2)cc1. The van der Waals surface area contributed by atoms with Gasteiger partial charge in [-0.15, -0.1) is 0 Å². The van der Waals surface area contributed by atoms with E-state index in [0.29, 0.717) is 24.7 Å². The van der Waals surface area contributed by atoms with E-state index in [9.17, 15) is 4.79 Å². The van der Waals surface area contributed by atoms with Crippen molar-refractivity contribution < 1.29 is 9.53 Å². The molecule has 0 aliphatic heterocycles. The van der Waals surface area contributed by atoms with Gasteiger partial charge in [-0.3, -0.25) is 4.79 Å². The van der Waals surface area contributed by atoms with Crippen molar-refractivity contribution in [2.75, 3.05) is 11.9 Å². The highest BCUT2D eigenvalue weighted by atomic mass is 16.5. The summed E-state index contributed by atoms with van der Waals surface area (Å²) in [6.07, 6.45) is 1.37. The molecule has 0 radical (unpaired) electrons. The molecule has 1 aromatic heterocycles. The first-order valence-corrected chi connectivity index (χ1v) is 8.79. The number of aromatic nitrogens is 2. The third-order valence-electron chi connectivity index (χ3n) is 3.87. The van der Waals surface area contributed by atoms with Gasteiger partial charge in [-0.25, -0.2) is 9.97 Å². The number of anilines is 2. The average Bonchev–Trinajstić information content (AvgIpc) is 2.68. The minimum Gasteiger partial charge on any atom is -0.494 e. The molecule has 0 saturated heterocycles. The van der Waals surface area contributed by atoms with Gasteiger partial charge < -0.3 is 15.4 Å². The van der Waals surface area contributed by atoms with Crippen LogP contribution in [-0.2, 0) is 6.54 Å². The lowest BCUT2D eigenvalue weighted by molar-refractivity contribution is 0.0946. The van der Waals surface area contributed by atoms with Crippen LogP contribution < -0.4 is 15.4 Å². The van der Waals surface area contributed by atoms with Crippen LogP contribution in [0.25, 0.3) is 0 Å². The number of benzene rings is 2. The first kappa shape index (κ1) is 18.4. The second-order valence-corrected chi connectivity index (χ2v) is 6.04. The molecule has 0 aliphatic rings. The third-order valence-corrected chi connectivity index (χ3v) is 3.87. The fourth-order valence-corrected chi connectivity index (χ4v) is 2.59. The normalized spacial score (nSPS) is 10.3. The first-order chi connectivity index (χ1) is 13.1. The van der Waals surface area contributed by atoms with Crippen molar-refractivity contribution in [1.82, 2.24) is 15.3 Å². The van der Waals surface area contributed by atoms with Crippen LogP contribution in [0.3, 0.4) is 0 Å². The second kappa shape index (κ2) is 8.80. The Balaban J connectivity index is 1.63. The van der Waals surface area contributed by atoms with Crippen molar-refractivity contribution in [3.63, 3.8) is 0 Å². The molecular weight excluding hydrogens is 340 g/mol. The number of nitrogens with one attached hydrogen (secondary N) is 2. The number of ether oxygens (including phenoxy) is 1. The quantitative estimate of drug-likeness (QED) is 0.667. The van der Waals surface area contributed by atoms with Gasteiger partial charge in [0.15, 0.2) is 0 Å². The van der Waals surface area contributed by atoms with Crippen LogP contribution in [0.4, 0.5) is 11.5 Å². The maximum atomic E-state index is 12.4. The molecule has 0 unspecified atom stereocenters. The molecule has 0 saturated carbocycles. The molecular formula is C21H22N4O2. The van der Waals surface area contributed by atoms with Gasteiger partial charge in [0.1, 0.15) is 23.6 Å². The van der Waals surface area contributed by atoms with Crippen molar-refractivity contribution in [2.45, 2.75) is 20.4 Å². The zero-order valence-corrected chi connectivity index (χ0v) is 15.4. The van der Waals surface area contributed by atoms with Crippen LogP contribution in [0, 0.1) is 6.92 Å². The predicted octanol–water partition coefficient (Wildman–Crippen LogP) is 3.86. The molecule has 3 rings (SSSR count). The Labute approximate surface area is 158 Å². The van der Waals surface area contributed by atoms with E-state index >= 15 is 0 Å². The largest absolute Gasteiger partial charge is 0.494 e. The van der Waals surface area contributed by atoms with Gasteiger partial charge in [0, 0.05) is 18.3 Å². The van der Waals surface area contributed by atoms with Crippen LogP contribution in [-0.4, -0.2) is 22.5 Å². The fraction of sp³-hybridized carbons (Fsp3) is 0.190. The van der Waals surface area contributed by atoms with Gasteiger partial charge in [-0.05, 0) is 43.7 Å². The molecule has 2 N–H and O–H groups in total. The number of hydrogen-bond donors (Lipinski definition) is 2. The van der Waals surface area contributed by atoms with Gasteiger partial charge in [0.25, 0.3) is 5.91 Å². The molecule has 2 aromatic carbocycles. The molecule has 0 spiro atoms. The molecule has 1 heterocycles. The maximum Gasteiger partial charge on any atom is 0.270 e. The Morgan fingerprint density at radius 1 is 1.07 bits per heavy atom. The van der Waals surface area contributed by atoms with Crippen LogP contribution in [0.2, 0.25) is 0 Å². The van der Waals surface area contributed by atoms with Gasteiger partial charge >= 0.3 is 0 Å². The second-order valence-electron chi connectivity index (χ2n) is 6.04. The number of hydrogen-bond acceptors (Lipinski definition) is 5. The van der Waals surface area contributed by atoms with E-state index in [1.165, 1.54) is 6.33 Å². The van der Waals surface area contributed by atoms with Crippen molar-refractivity contribution >= 4 is 17.4 Å². The van der Waals surface area contributed by atoms with Crippen LogP contribution >= 0.6 is 0 Å². The molecule has 3 aromatic rings. The summed E-state index contributed by atoms with van der Waals surface area (Å²) in [6, 6.07) is 17.2. The Morgan fingerprint density at radius 2 is 1.89 bits per heavy atom. The minimum absolute atomic E-state index is 0.242. The number of carbonyl (C=O) groups excluding carboxylic acids is 1. The average molecular weight is 362 g/mol. The molecule has 6 heteroatoms. The molecule has 6 nitrogen and oxygen atoms in total. The molecule has 1 amide bonds. The van der Waals surface area contributed by atoms with Gasteiger partial charge in [-0.2, -0.15) is 0 Å². The zero-order valence-electron chi connectivity index (χ0n) is 15.4. The summed E-state index contributed by atoms with van der Waals surface area (Å²) in [5.74, 6) is 1.12. The predicted molar refractivity (Wildman–Crippen MR) is 105 cm³/mol. The fourth-order valence-electron chi connectivity index (χ4n) is 2.59. The smallest absolute Gasteiger partial charge is 0.270 e. The Morgan fingerprint density at radius 3 is 2.63 bits per heavy atom. The van der Waals surface area contributed by atoms with Crippen molar-refractivity contribution in [3.05, 3.63) is 77.7 Å². The van der Waals surface area contributed by atoms with Gasteiger partial charge in [0.2, 0.25) is 0 Å². The summed E-state index contributed by atoms with van der Waals surface area (Å²) in [7, 11) is 0. The van der Waals surface area contributed by atoms with E-state index < -0.39 is 0 Å². The summed E-state index contributed by atoms with van der Waals surface area (Å²) >= 11 is 0. The van der Waals surface area contributed by atoms with E-state index in [-0.39, 0.29) is 5.91 Å². The Hall–Kier alpha value is -3.41. The first-order valence-electron chi connectivity index (χ1n) is 8.79. The highest BCUT2D eigenvalue weighted by molar-refractivity contribution is 5.92. The Bertz CT molecular complexity index is 910. The van der Waals surface area contributed by atoms with Crippen molar-refractivity contribution in [2.24, 2.45) is 0 Å². The van der Waals surface area contributed by atoms with E-state index in [1.54, 1.807) is 6.07 Å². The Kier molecular flexibility index (Phi) is 5.99. The summed E-state index contributed by atoms with van der Waals surface area (Å²) in [6.45, 7) is 5.04. The van der Waals surface area contributed by atoms with E-state index in [4.69, 9.17) is 4.74 Å². The number of rotatable bonds is 7. The van der Waals surface area contributed by atoms with Crippen LogP contribution in [0.1, 0.15) is 28.5 Å². The summed E-state index contributed by atoms with van der Waals surface area (Å²) < 4.78 is 5.43. The van der Waals surface area contributed by atoms with Crippen LogP contribution in [0.5, 0.6) is 5.75 Å². The minimum atomic E-state index is -0.242. The summed E-state index contributed by atoms with van der Waals surface area (Å²) in [5.41, 5.74) is 3.37. The topological polar surface area (TPSA) is 76.1 Å². The molecule has 27 heavy (non-hydrogen) atoms. The lowest BCUT2D eigenvalue weighted by Gasteiger charge is -2.09. The van der Waals surface area contributed by atoms with Crippen molar-refractivity contribution in [3.8, 4) is 5.75 Å². The van der Waals surface area contributed by atoms with Gasteiger partial charge in [0.05, 0.1) is 6.61 Å². The standard InChI is InChI=1S/C21H22N4O2/c1-3-27-18-9-7-17(8-10-18)25-20-12-19(23-14-24-20)21(26)22-13-16-6-4-5-15(2)11-16/h4-12,14H,3,13H2,1-2H3,(H,22,26)(H,23,24,25). The maximum absolute atomic E-state index is 12.4. The molecule has 0 aliphatic carbocycles. The van der Waals surface area contributed by atoms with Gasteiger partial charge in [-0.1, -0.05) is 29.8 Å². The lowest BCUT2D eigenvalue weighted by Crippen LogP contribution is -2.24. The number of aryl methyl sites for hydroxylation is 1. The molecule has 0 bridgehead atoms. The molecule has 0 atom stereocenters. The monoisotopic (exact) mass is 362 g/mol. The highest BCUT2D eigenvalue weighted by Gasteiger charge is 2.09. The number of carbonyl (C=O) groups is 1. The molecule has 0 fully saturated rings. The van der Waals surface area contributed by atoms with Crippen molar-refractivity contribution in [1.29, 1.82) is 0 Å². The van der Waals surface area contributed by atoms with E-state index in [2.05, 4.69) is 20.6 Å². The number of nitrogens with zero attached hydrogens (tertiary/aromatic N) is 2. The third kappa shape index (κ3) is 5.28.